The molecule has 0 radical (unpaired) electrons. The van der Waals surface area contributed by atoms with Crippen molar-refractivity contribution < 1.29 is 0 Å². The van der Waals surface area contributed by atoms with Crippen LogP contribution < -0.4 is 5.73 Å². The fourth-order valence-electron chi connectivity index (χ4n) is 3.53. The Morgan fingerprint density at radius 2 is 2.07 bits per heavy atom. The Morgan fingerprint density at radius 1 is 1.29 bits per heavy atom. The van der Waals surface area contributed by atoms with Gasteiger partial charge in [-0.2, -0.15) is 0 Å². The first kappa shape index (κ1) is 9.17. The van der Waals surface area contributed by atoms with Crippen LogP contribution in [-0.2, 0) is 0 Å². The van der Waals surface area contributed by atoms with E-state index in [0.29, 0.717) is 6.04 Å². The summed E-state index contributed by atoms with van der Waals surface area (Å²) in [4.78, 5) is 2.68. The van der Waals surface area contributed by atoms with E-state index >= 15 is 0 Å². The van der Waals surface area contributed by atoms with Gasteiger partial charge in [-0.15, -0.1) is 0 Å². The molecule has 1 heterocycles. The van der Waals surface area contributed by atoms with Crippen molar-refractivity contribution in [1.82, 2.24) is 4.90 Å². The molecule has 3 rings (SSSR count). The molecule has 2 saturated carbocycles. The zero-order valence-electron chi connectivity index (χ0n) is 9.15. The van der Waals surface area contributed by atoms with Gasteiger partial charge in [-0.1, -0.05) is 6.92 Å². The molecule has 1 aliphatic heterocycles. The third-order valence-electron chi connectivity index (χ3n) is 4.76. The van der Waals surface area contributed by atoms with E-state index < -0.39 is 0 Å². The van der Waals surface area contributed by atoms with Crippen LogP contribution in [0.2, 0.25) is 0 Å². The molecule has 0 amide bonds. The molecular formula is C12H22N2. The number of hydrogen-bond donors (Lipinski definition) is 1. The van der Waals surface area contributed by atoms with Gasteiger partial charge >= 0.3 is 0 Å². The molecule has 2 nitrogen and oxygen atoms in total. The lowest BCUT2D eigenvalue weighted by atomic mass is 9.98. The third kappa shape index (κ3) is 1.49. The summed E-state index contributed by atoms with van der Waals surface area (Å²) in [5.74, 6) is 3.80. The van der Waals surface area contributed by atoms with Crippen molar-refractivity contribution in [3.8, 4) is 0 Å². The van der Waals surface area contributed by atoms with Gasteiger partial charge in [-0.3, -0.25) is 0 Å². The van der Waals surface area contributed by atoms with E-state index in [2.05, 4.69) is 11.8 Å². The van der Waals surface area contributed by atoms with Crippen LogP contribution in [0.3, 0.4) is 0 Å². The minimum Gasteiger partial charge on any atom is -0.327 e. The Balaban J connectivity index is 1.55. The first-order valence-corrected chi connectivity index (χ1v) is 6.22. The summed E-state index contributed by atoms with van der Waals surface area (Å²) in [5, 5.41) is 0. The number of nitrogens with two attached hydrogens (primary N) is 1. The smallest absolute Gasteiger partial charge is 0.00826 e. The molecule has 80 valence electrons. The molecule has 5 atom stereocenters. The van der Waals surface area contributed by atoms with E-state index in [1.54, 1.807) is 0 Å². The fraction of sp³-hybridized carbons (Fsp3) is 1.00. The molecule has 0 aromatic heterocycles. The normalized spacial score (nSPS) is 52.3. The quantitative estimate of drug-likeness (QED) is 0.718. The van der Waals surface area contributed by atoms with Gasteiger partial charge in [-0.05, 0) is 42.9 Å². The first-order valence-electron chi connectivity index (χ1n) is 6.22. The van der Waals surface area contributed by atoms with E-state index in [1.807, 2.05) is 0 Å². The summed E-state index contributed by atoms with van der Waals surface area (Å²) in [6, 6.07) is 0.515. The van der Waals surface area contributed by atoms with Gasteiger partial charge in [-0.25, -0.2) is 0 Å². The second-order valence-corrected chi connectivity index (χ2v) is 5.86. The van der Waals surface area contributed by atoms with Gasteiger partial charge in [0.25, 0.3) is 0 Å². The van der Waals surface area contributed by atoms with Gasteiger partial charge in [0, 0.05) is 25.7 Å². The minimum atomic E-state index is 0.515. The second kappa shape index (κ2) is 3.21. The topological polar surface area (TPSA) is 29.3 Å². The average Bonchev–Trinajstić information content (AvgIpc) is 2.60. The molecular weight excluding hydrogens is 172 g/mol. The molecule has 0 bridgehead atoms. The lowest BCUT2D eigenvalue weighted by Gasteiger charge is -2.17. The molecule has 3 fully saturated rings. The Kier molecular flexibility index (Phi) is 2.10. The van der Waals surface area contributed by atoms with Crippen LogP contribution in [0.15, 0.2) is 0 Å². The maximum atomic E-state index is 6.13. The van der Waals surface area contributed by atoms with Crippen LogP contribution in [0.1, 0.15) is 26.2 Å². The maximum absolute atomic E-state index is 6.13. The Morgan fingerprint density at radius 3 is 2.71 bits per heavy atom. The molecule has 2 heteroatoms. The molecule has 1 saturated heterocycles. The summed E-state index contributed by atoms with van der Waals surface area (Å²) in [6.45, 7) is 6.39. The molecule has 14 heavy (non-hydrogen) atoms. The van der Waals surface area contributed by atoms with Crippen LogP contribution in [0.5, 0.6) is 0 Å². The molecule has 2 aliphatic carbocycles. The van der Waals surface area contributed by atoms with E-state index in [1.165, 1.54) is 38.9 Å². The van der Waals surface area contributed by atoms with Crippen molar-refractivity contribution in [2.45, 2.75) is 32.2 Å². The summed E-state index contributed by atoms with van der Waals surface area (Å²) >= 11 is 0. The second-order valence-electron chi connectivity index (χ2n) is 5.86. The third-order valence-corrected chi connectivity index (χ3v) is 4.76. The molecule has 0 aromatic carbocycles. The SMILES string of the molecule is CC1CC1CN1C[C@@H]2CCC(N)[C@@H]2C1. The molecule has 3 aliphatic rings. The number of hydrogen-bond acceptors (Lipinski definition) is 2. The van der Waals surface area contributed by atoms with Gasteiger partial charge in [0.1, 0.15) is 0 Å². The van der Waals surface area contributed by atoms with Gasteiger partial charge in [0.15, 0.2) is 0 Å². The Labute approximate surface area is 86.8 Å². The van der Waals surface area contributed by atoms with Crippen molar-refractivity contribution >= 4 is 0 Å². The van der Waals surface area contributed by atoms with Crippen LogP contribution in [0.4, 0.5) is 0 Å². The minimum absolute atomic E-state index is 0.515. The van der Waals surface area contributed by atoms with E-state index in [0.717, 1.165) is 23.7 Å². The fourth-order valence-corrected chi connectivity index (χ4v) is 3.53. The van der Waals surface area contributed by atoms with E-state index in [4.69, 9.17) is 5.73 Å². The zero-order valence-corrected chi connectivity index (χ0v) is 9.15. The standard InChI is InChI=1S/C12H22N2/c1-8-4-10(8)6-14-5-9-2-3-12(13)11(9)7-14/h8-12H,2-7,13H2,1H3/t8?,9-,10?,11+,12?/m0/s1. The van der Waals surface area contributed by atoms with E-state index in [-0.39, 0.29) is 0 Å². The highest BCUT2D eigenvalue weighted by atomic mass is 15.2. The first-order chi connectivity index (χ1) is 6.74. The summed E-state index contributed by atoms with van der Waals surface area (Å²) in [5.41, 5.74) is 6.13. The average molecular weight is 194 g/mol. The van der Waals surface area contributed by atoms with Crippen LogP contribution in [0.25, 0.3) is 0 Å². The van der Waals surface area contributed by atoms with Gasteiger partial charge in [0.05, 0.1) is 0 Å². The van der Waals surface area contributed by atoms with Crippen LogP contribution in [0, 0.1) is 23.7 Å². The van der Waals surface area contributed by atoms with E-state index in [9.17, 15) is 0 Å². The zero-order chi connectivity index (χ0) is 9.71. The van der Waals surface area contributed by atoms with Crippen LogP contribution in [-0.4, -0.2) is 30.6 Å². The molecule has 3 unspecified atom stereocenters. The summed E-state index contributed by atoms with van der Waals surface area (Å²) < 4.78 is 0. The van der Waals surface area contributed by atoms with Gasteiger partial charge in [0.2, 0.25) is 0 Å². The highest BCUT2D eigenvalue weighted by molar-refractivity contribution is 4.97. The number of likely N-dealkylation sites (tertiary alicyclic amines) is 1. The van der Waals surface area contributed by atoms with Crippen molar-refractivity contribution in [2.24, 2.45) is 29.4 Å². The summed E-state index contributed by atoms with van der Waals surface area (Å²) in [6.07, 6.45) is 4.14. The lowest BCUT2D eigenvalue weighted by Crippen LogP contribution is -2.31. The van der Waals surface area contributed by atoms with Crippen LogP contribution >= 0.6 is 0 Å². The lowest BCUT2D eigenvalue weighted by molar-refractivity contribution is 0.289. The van der Waals surface area contributed by atoms with Crippen molar-refractivity contribution in [1.29, 1.82) is 0 Å². The molecule has 2 N–H and O–H groups in total. The van der Waals surface area contributed by atoms with Crippen molar-refractivity contribution in [2.75, 3.05) is 19.6 Å². The predicted molar refractivity (Wildman–Crippen MR) is 57.9 cm³/mol. The highest BCUT2D eigenvalue weighted by Crippen LogP contribution is 2.42. The number of fused-ring (bicyclic) bond motifs is 1. The Hall–Kier alpha value is -0.0800. The van der Waals surface area contributed by atoms with Gasteiger partial charge < -0.3 is 10.6 Å². The number of nitrogens with zero attached hydrogens (tertiary/aromatic N) is 1. The van der Waals surface area contributed by atoms with Crippen molar-refractivity contribution in [3.63, 3.8) is 0 Å². The monoisotopic (exact) mass is 194 g/mol. The van der Waals surface area contributed by atoms with Crippen molar-refractivity contribution in [3.05, 3.63) is 0 Å². The molecule has 0 aromatic rings. The largest absolute Gasteiger partial charge is 0.327 e. The molecule has 0 spiro atoms. The Bertz CT molecular complexity index is 228. The number of rotatable bonds is 2. The predicted octanol–water partition coefficient (Wildman–Crippen LogP) is 1.31. The summed E-state index contributed by atoms with van der Waals surface area (Å²) in [7, 11) is 0. The highest BCUT2D eigenvalue weighted by Gasteiger charge is 2.43. The maximum Gasteiger partial charge on any atom is 0.00826 e.